The van der Waals surface area contributed by atoms with Gasteiger partial charge in [0.25, 0.3) is 11.8 Å². The molecule has 2 N–H and O–H groups in total. The van der Waals surface area contributed by atoms with Crippen molar-refractivity contribution in [3.8, 4) is 16.3 Å². The van der Waals surface area contributed by atoms with Gasteiger partial charge in [-0.05, 0) is 36.6 Å². The molecule has 0 saturated heterocycles. The molecule has 0 aliphatic carbocycles. The van der Waals surface area contributed by atoms with Crippen LogP contribution in [0.4, 0.5) is 11.4 Å². The molecule has 0 bridgehead atoms. The van der Waals surface area contributed by atoms with Gasteiger partial charge in [-0.1, -0.05) is 38.1 Å². The number of benzene rings is 2. The highest BCUT2D eigenvalue weighted by molar-refractivity contribution is 7.13. The predicted molar refractivity (Wildman–Crippen MR) is 115 cm³/mol. The summed E-state index contributed by atoms with van der Waals surface area (Å²) in [7, 11) is 0. The number of amides is 2. The number of thiazole rings is 1. The third-order valence-corrected chi connectivity index (χ3v) is 5.62. The van der Waals surface area contributed by atoms with Crippen molar-refractivity contribution < 1.29 is 14.3 Å². The van der Waals surface area contributed by atoms with Crippen LogP contribution in [0.2, 0.25) is 0 Å². The van der Waals surface area contributed by atoms with Crippen molar-refractivity contribution in [1.29, 1.82) is 0 Å². The van der Waals surface area contributed by atoms with Crippen LogP contribution in [0.1, 0.15) is 42.7 Å². The molecule has 1 aliphatic heterocycles. The third-order valence-electron chi connectivity index (χ3n) is 4.73. The Labute approximate surface area is 172 Å². The fourth-order valence-corrected chi connectivity index (χ4v) is 3.81. The Morgan fingerprint density at radius 1 is 1.21 bits per heavy atom. The van der Waals surface area contributed by atoms with Gasteiger partial charge >= 0.3 is 0 Å². The fraction of sp³-hybridized carbons (Fsp3) is 0.227. The molecule has 0 saturated carbocycles. The van der Waals surface area contributed by atoms with Gasteiger partial charge in [0.2, 0.25) is 0 Å². The van der Waals surface area contributed by atoms with Crippen LogP contribution in [0.3, 0.4) is 0 Å². The van der Waals surface area contributed by atoms with E-state index in [4.69, 9.17) is 4.74 Å². The molecule has 29 heavy (non-hydrogen) atoms. The van der Waals surface area contributed by atoms with E-state index in [9.17, 15) is 9.59 Å². The molecule has 3 aromatic rings. The molecule has 2 amide bonds. The number of ether oxygens (including phenoxy) is 1. The van der Waals surface area contributed by atoms with E-state index in [2.05, 4.69) is 41.6 Å². The minimum Gasteiger partial charge on any atom is -0.479 e. The minimum absolute atomic E-state index is 0.214. The summed E-state index contributed by atoms with van der Waals surface area (Å²) in [6.45, 7) is 5.99. The van der Waals surface area contributed by atoms with Gasteiger partial charge in [0.15, 0.2) is 6.10 Å². The van der Waals surface area contributed by atoms with Gasteiger partial charge in [-0.15, -0.1) is 11.3 Å². The Kier molecular flexibility index (Phi) is 5.07. The fourth-order valence-electron chi connectivity index (χ4n) is 3.00. The van der Waals surface area contributed by atoms with Gasteiger partial charge < -0.3 is 15.4 Å². The highest BCUT2D eigenvalue weighted by atomic mass is 32.1. The number of nitrogens with zero attached hydrogens (tertiary/aromatic N) is 1. The Balaban J connectivity index is 1.48. The number of anilines is 2. The van der Waals surface area contributed by atoms with E-state index >= 15 is 0 Å². The van der Waals surface area contributed by atoms with Gasteiger partial charge in [0, 0.05) is 16.6 Å². The number of hydrogen-bond donors (Lipinski definition) is 2. The second-order valence-corrected chi connectivity index (χ2v) is 8.09. The lowest BCUT2D eigenvalue weighted by Crippen LogP contribution is -2.34. The lowest BCUT2D eigenvalue weighted by atomic mass is 10.0. The first-order valence-corrected chi connectivity index (χ1v) is 10.3. The minimum atomic E-state index is -0.536. The summed E-state index contributed by atoms with van der Waals surface area (Å²) in [6.07, 6.45) is -0.536. The predicted octanol–water partition coefficient (Wildman–Crippen LogP) is 4.91. The standard InChI is InChI=1S/C22H21N3O3S/c1-12(2)14-4-6-15(7-5-14)22-25-18(11-29-22)21(27)23-16-8-9-19-17(10-16)24-20(26)13(3)28-19/h4-13H,1-3H3,(H,23,27)(H,24,26). The van der Waals surface area contributed by atoms with Crippen LogP contribution in [-0.2, 0) is 4.79 Å². The monoisotopic (exact) mass is 407 g/mol. The quantitative estimate of drug-likeness (QED) is 0.644. The summed E-state index contributed by atoms with van der Waals surface area (Å²) in [6, 6.07) is 13.4. The zero-order valence-electron chi connectivity index (χ0n) is 16.4. The maximum atomic E-state index is 12.6. The Morgan fingerprint density at radius 3 is 2.69 bits per heavy atom. The smallest absolute Gasteiger partial charge is 0.275 e. The van der Waals surface area contributed by atoms with E-state index in [0.717, 1.165) is 10.6 Å². The molecule has 1 atom stereocenters. The van der Waals surface area contributed by atoms with Crippen molar-refractivity contribution in [3.63, 3.8) is 0 Å². The summed E-state index contributed by atoms with van der Waals surface area (Å²) >= 11 is 1.43. The van der Waals surface area contributed by atoms with Crippen molar-refractivity contribution in [3.05, 3.63) is 59.1 Å². The molecule has 6 nitrogen and oxygen atoms in total. The summed E-state index contributed by atoms with van der Waals surface area (Å²) in [5.41, 5.74) is 3.70. The largest absolute Gasteiger partial charge is 0.479 e. The topological polar surface area (TPSA) is 80.3 Å². The summed E-state index contributed by atoms with van der Waals surface area (Å²) in [4.78, 5) is 28.8. The molecule has 0 spiro atoms. The molecule has 2 aromatic carbocycles. The first-order chi connectivity index (χ1) is 13.9. The Hall–Kier alpha value is -3.19. The molecular weight excluding hydrogens is 386 g/mol. The highest BCUT2D eigenvalue weighted by Crippen LogP contribution is 2.32. The number of rotatable bonds is 4. The van der Waals surface area contributed by atoms with Gasteiger partial charge in [0.1, 0.15) is 16.5 Å². The Bertz CT molecular complexity index is 1070. The lowest BCUT2D eigenvalue weighted by Gasteiger charge is -2.23. The second kappa shape index (κ2) is 7.67. The van der Waals surface area contributed by atoms with E-state index in [1.807, 2.05) is 12.1 Å². The molecular formula is C22H21N3O3S. The van der Waals surface area contributed by atoms with E-state index in [1.54, 1.807) is 30.5 Å². The number of carbonyl (C=O) groups is 2. The van der Waals surface area contributed by atoms with Crippen LogP contribution >= 0.6 is 11.3 Å². The molecule has 4 rings (SSSR count). The van der Waals surface area contributed by atoms with Crippen molar-refractivity contribution >= 4 is 34.5 Å². The van der Waals surface area contributed by atoms with Crippen LogP contribution in [-0.4, -0.2) is 22.9 Å². The lowest BCUT2D eigenvalue weighted by molar-refractivity contribution is -0.122. The number of aromatic nitrogens is 1. The average molecular weight is 407 g/mol. The summed E-state index contributed by atoms with van der Waals surface area (Å²) in [5, 5.41) is 8.13. The van der Waals surface area contributed by atoms with Gasteiger partial charge in [-0.3, -0.25) is 9.59 Å². The first-order valence-electron chi connectivity index (χ1n) is 9.39. The van der Waals surface area contributed by atoms with Gasteiger partial charge in [-0.25, -0.2) is 4.98 Å². The number of carbonyl (C=O) groups excluding carboxylic acids is 2. The van der Waals surface area contributed by atoms with Crippen molar-refractivity contribution in [2.75, 3.05) is 10.6 Å². The van der Waals surface area contributed by atoms with Crippen molar-refractivity contribution in [2.24, 2.45) is 0 Å². The van der Waals surface area contributed by atoms with Crippen LogP contribution < -0.4 is 15.4 Å². The molecule has 1 aliphatic rings. The molecule has 0 fully saturated rings. The normalized spacial score (nSPS) is 15.4. The molecule has 148 valence electrons. The van der Waals surface area contributed by atoms with Crippen LogP contribution in [0.5, 0.6) is 5.75 Å². The van der Waals surface area contributed by atoms with E-state index in [-0.39, 0.29) is 11.8 Å². The zero-order chi connectivity index (χ0) is 20.5. The SMILES string of the molecule is CC1Oc2ccc(NC(=O)c3csc(-c4ccc(C(C)C)cc4)n3)cc2NC1=O. The van der Waals surface area contributed by atoms with Crippen LogP contribution in [0.15, 0.2) is 47.8 Å². The maximum absolute atomic E-state index is 12.6. The maximum Gasteiger partial charge on any atom is 0.275 e. The van der Waals surface area contributed by atoms with E-state index in [0.29, 0.717) is 28.7 Å². The van der Waals surface area contributed by atoms with Gasteiger partial charge in [-0.2, -0.15) is 0 Å². The molecule has 7 heteroatoms. The summed E-state index contributed by atoms with van der Waals surface area (Å²) < 4.78 is 5.53. The number of nitrogens with one attached hydrogen (secondary N) is 2. The molecule has 2 heterocycles. The highest BCUT2D eigenvalue weighted by Gasteiger charge is 2.24. The van der Waals surface area contributed by atoms with E-state index < -0.39 is 6.10 Å². The molecule has 0 radical (unpaired) electrons. The van der Waals surface area contributed by atoms with E-state index in [1.165, 1.54) is 16.9 Å². The molecule has 1 aromatic heterocycles. The average Bonchev–Trinajstić information content (AvgIpc) is 3.19. The summed E-state index contributed by atoms with van der Waals surface area (Å²) in [5.74, 6) is 0.531. The van der Waals surface area contributed by atoms with Crippen LogP contribution in [0.25, 0.3) is 10.6 Å². The molecule has 1 unspecified atom stereocenters. The number of hydrogen-bond acceptors (Lipinski definition) is 5. The third kappa shape index (κ3) is 4.00. The van der Waals surface area contributed by atoms with Crippen molar-refractivity contribution in [2.45, 2.75) is 32.8 Å². The van der Waals surface area contributed by atoms with Crippen LogP contribution in [0, 0.1) is 0 Å². The van der Waals surface area contributed by atoms with Crippen molar-refractivity contribution in [1.82, 2.24) is 4.98 Å². The zero-order valence-corrected chi connectivity index (χ0v) is 17.2. The number of fused-ring (bicyclic) bond motifs is 1. The second-order valence-electron chi connectivity index (χ2n) is 7.23. The first kappa shape index (κ1) is 19.1. The Morgan fingerprint density at radius 2 is 1.97 bits per heavy atom. The van der Waals surface area contributed by atoms with Gasteiger partial charge in [0.05, 0.1) is 5.69 Å².